The molecule has 0 radical (unpaired) electrons. The summed E-state index contributed by atoms with van der Waals surface area (Å²) in [5, 5.41) is 7.47. The Hall–Kier alpha value is -1.89. The van der Waals surface area contributed by atoms with Gasteiger partial charge in [0.1, 0.15) is 0 Å². The zero-order valence-electron chi connectivity index (χ0n) is 17.5. The van der Waals surface area contributed by atoms with Gasteiger partial charge < -0.3 is 15.0 Å². The van der Waals surface area contributed by atoms with Crippen molar-refractivity contribution >= 4 is 11.8 Å². The predicted octanol–water partition coefficient (Wildman–Crippen LogP) is 2.38. The van der Waals surface area contributed by atoms with Crippen LogP contribution in [-0.4, -0.2) is 52.3 Å². The number of carbonyl (C=O) groups excluding carboxylic acids is 2. The van der Waals surface area contributed by atoms with Crippen molar-refractivity contribution in [3.05, 3.63) is 18.0 Å². The normalized spacial score (nSPS) is 21.6. The van der Waals surface area contributed by atoms with Crippen molar-refractivity contribution in [2.24, 2.45) is 11.8 Å². The van der Waals surface area contributed by atoms with E-state index in [2.05, 4.69) is 10.4 Å². The van der Waals surface area contributed by atoms with Crippen molar-refractivity contribution < 1.29 is 14.3 Å². The maximum atomic E-state index is 12.8. The molecule has 0 bridgehead atoms. The number of rotatable bonds is 8. The number of carbonyl (C=O) groups is 2. The minimum absolute atomic E-state index is 0.0175. The van der Waals surface area contributed by atoms with Crippen LogP contribution in [-0.2, 0) is 20.9 Å². The van der Waals surface area contributed by atoms with Gasteiger partial charge in [-0.1, -0.05) is 13.8 Å². The monoisotopic (exact) mass is 378 g/mol. The third kappa shape index (κ3) is 5.09. The van der Waals surface area contributed by atoms with E-state index in [4.69, 9.17) is 4.74 Å². The Morgan fingerprint density at radius 1 is 1.44 bits per heavy atom. The number of ether oxygens (including phenoxy) is 1. The summed E-state index contributed by atoms with van der Waals surface area (Å²) in [7, 11) is 1.66. The van der Waals surface area contributed by atoms with Crippen molar-refractivity contribution in [2.45, 2.75) is 65.6 Å². The lowest BCUT2D eigenvalue weighted by molar-refractivity contribution is -0.133. The zero-order valence-corrected chi connectivity index (χ0v) is 17.5. The average Bonchev–Trinajstić information content (AvgIpc) is 3.20. The standard InChI is InChI=1S/C20H34N4O3/c1-7-14(2)19(26)21-11-15-10-17(25)24(20(3,4)5)18(15)16-12-22-23(13-16)8-9-27-6/h12-15,18H,7-11H2,1-6H3,(H,21,26)/t14?,15-,18+/m0/s1. The first-order chi connectivity index (χ1) is 12.7. The topological polar surface area (TPSA) is 76.5 Å². The Labute approximate surface area is 162 Å². The summed E-state index contributed by atoms with van der Waals surface area (Å²) < 4.78 is 6.96. The van der Waals surface area contributed by atoms with E-state index < -0.39 is 0 Å². The summed E-state index contributed by atoms with van der Waals surface area (Å²) in [4.78, 5) is 27.0. The molecule has 7 heteroatoms. The Morgan fingerprint density at radius 3 is 2.74 bits per heavy atom. The van der Waals surface area contributed by atoms with E-state index in [1.54, 1.807) is 7.11 Å². The minimum atomic E-state index is -0.300. The van der Waals surface area contributed by atoms with E-state index in [-0.39, 0.29) is 35.2 Å². The maximum Gasteiger partial charge on any atom is 0.223 e. The number of methoxy groups -OCH3 is 1. The van der Waals surface area contributed by atoms with Gasteiger partial charge in [-0.25, -0.2) is 0 Å². The summed E-state index contributed by atoms with van der Waals surface area (Å²) in [6, 6.07) is -0.0916. The SMILES string of the molecule is CCC(C)C(=O)NC[C@@H]1CC(=O)N(C(C)(C)C)[C@H]1c1cnn(CCOC)c1. The number of hydrogen-bond acceptors (Lipinski definition) is 4. The summed E-state index contributed by atoms with van der Waals surface area (Å²) in [5.74, 6) is 0.189. The molecule has 0 saturated carbocycles. The van der Waals surface area contributed by atoms with Crippen LogP contribution in [0.25, 0.3) is 0 Å². The van der Waals surface area contributed by atoms with Crippen molar-refractivity contribution in [3.8, 4) is 0 Å². The lowest BCUT2D eigenvalue weighted by Crippen LogP contribution is -2.45. The van der Waals surface area contributed by atoms with Gasteiger partial charge in [-0.2, -0.15) is 5.10 Å². The summed E-state index contributed by atoms with van der Waals surface area (Å²) >= 11 is 0. The Bertz CT molecular complexity index is 650. The molecule has 2 rings (SSSR count). The first kappa shape index (κ1) is 21.4. The Kier molecular flexibility index (Phi) is 7.03. The highest BCUT2D eigenvalue weighted by atomic mass is 16.5. The van der Waals surface area contributed by atoms with E-state index in [9.17, 15) is 9.59 Å². The van der Waals surface area contributed by atoms with Gasteiger partial charge in [0, 0.05) is 49.2 Å². The fourth-order valence-corrected chi connectivity index (χ4v) is 3.63. The lowest BCUT2D eigenvalue weighted by atomic mass is 9.93. The van der Waals surface area contributed by atoms with E-state index >= 15 is 0 Å². The van der Waals surface area contributed by atoms with Crippen LogP contribution in [0.5, 0.6) is 0 Å². The Morgan fingerprint density at radius 2 is 2.15 bits per heavy atom. The molecule has 152 valence electrons. The number of amides is 2. The van der Waals surface area contributed by atoms with Gasteiger partial charge in [0.2, 0.25) is 11.8 Å². The summed E-state index contributed by atoms with van der Waals surface area (Å²) in [6.07, 6.45) is 5.07. The molecular formula is C20H34N4O3. The van der Waals surface area contributed by atoms with Crippen molar-refractivity contribution in [1.82, 2.24) is 20.0 Å². The molecule has 7 nitrogen and oxygen atoms in total. The highest BCUT2D eigenvalue weighted by Gasteiger charge is 2.45. The molecule has 2 heterocycles. The molecule has 1 aliphatic heterocycles. The van der Waals surface area contributed by atoms with E-state index in [1.807, 2.05) is 56.6 Å². The van der Waals surface area contributed by atoms with Crippen LogP contribution in [0.15, 0.2) is 12.4 Å². The zero-order chi connectivity index (χ0) is 20.2. The molecule has 1 N–H and O–H groups in total. The van der Waals surface area contributed by atoms with Gasteiger partial charge in [-0.3, -0.25) is 14.3 Å². The van der Waals surface area contributed by atoms with E-state index in [0.717, 1.165) is 12.0 Å². The quantitative estimate of drug-likeness (QED) is 0.753. The van der Waals surface area contributed by atoms with Gasteiger partial charge >= 0.3 is 0 Å². The molecule has 1 unspecified atom stereocenters. The fraction of sp³-hybridized carbons (Fsp3) is 0.750. The number of aromatic nitrogens is 2. The second-order valence-electron chi connectivity index (χ2n) is 8.43. The van der Waals surface area contributed by atoms with Crippen LogP contribution < -0.4 is 5.32 Å². The molecule has 0 aromatic carbocycles. The third-order valence-corrected chi connectivity index (χ3v) is 5.27. The van der Waals surface area contributed by atoms with Crippen LogP contribution in [0.1, 0.15) is 59.1 Å². The molecule has 1 fully saturated rings. The lowest BCUT2D eigenvalue weighted by Gasteiger charge is -2.38. The van der Waals surface area contributed by atoms with Gasteiger partial charge in [-0.15, -0.1) is 0 Å². The van der Waals surface area contributed by atoms with Crippen molar-refractivity contribution in [3.63, 3.8) is 0 Å². The van der Waals surface area contributed by atoms with Crippen LogP contribution >= 0.6 is 0 Å². The molecule has 1 aromatic rings. The molecule has 27 heavy (non-hydrogen) atoms. The predicted molar refractivity (Wildman–Crippen MR) is 104 cm³/mol. The molecule has 1 aromatic heterocycles. The van der Waals surface area contributed by atoms with Crippen LogP contribution in [0.4, 0.5) is 0 Å². The molecular weight excluding hydrogens is 344 g/mol. The highest BCUT2D eigenvalue weighted by Crippen LogP contribution is 2.42. The molecule has 0 aliphatic carbocycles. The summed E-state index contributed by atoms with van der Waals surface area (Å²) in [6.45, 7) is 11.8. The molecule has 1 aliphatic rings. The first-order valence-electron chi connectivity index (χ1n) is 9.80. The smallest absolute Gasteiger partial charge is 0.223 e. The van der Waals surface area contributed by atoms with Gasteiger partial charge in [0.25, 0.3) is 0 Å². The van der Waals surface area contributed by atoms with Gasteiger partial charge in [0.05, 0.1) is 25.4 Å². The molecule has 3 atom stereocenters. The molecule has 1 saturated heterocycles. The van der Waals surface area contributed by atoms with Gasteiger partial charge in [-0.05, 0) is 27.2 Å². The largest absolute Gasteiger partial charge is 0.383 e. The van der Waals surface area contributed by atoms with Crippen LogP contribution in [0.3, 0.4) is 0 Å². The van der Waals surface area contributed by atoms with E-state index in [1.165, 1.54) is 0 Å². The maximum absolute atomic E-state index is 12.8. The third-order valence-electron chi connectivity index (χ3n) is 5.27. The molecule has 2 amide bonds. The van der Waals surface area contributed by atoms with E-state index in [0.29, 0.717) is 26.1 Å². The van der Waals surface area contributed by atoms with Gasteiger partial charge in [0.15, 0.2) is 0 Å². The second-order valence-corrected chi connectivity index (χ2v) is 8.43. The average molecular weight is 379 g/mol. The van der Waals surface area contributed by atoms with Crippen molar-refractivity contribution in [1.29, 1.82) is 0 Å². The Balaban J connectivity index is 2.23. The van der Waals surface area contributed by atoms with Crippen LogP contribution in [0, 0.1) is 11.8 Å². The molecule has 0 spiro atoms. The number of nitrogens with one attached hydrogen (secondary N) is 1. The first-order valence-corrected chi connectivity index (χ1v) is 9.80. The highest BCUT2D eigenvalue weighted by molar-refractivity contribution is 5.81. The fourth-order valence-electron chi connectivity index (χ4n) is 3.63. The number of likely N-dealkylation sites (tertiary alicyclic amines) is 1. The van der Waals surface area contributed by atoms with Crippen molar-refractivity contribution in [2.75, 3.05) is 20.3 Å². The number of hydrogen-bond donors (Lipinski definition) is 1. The van der Waals surface area contributed by atoms with Crippen LogP contribution in [0.2, 0.25) is 0 Å². The second kappa shape index (κ2) is 8.87. The summed E-state index contributed by atoms with van der Waals surface area (Å²) in [5.41, 5.74) is 0.709. The minimum Gasteiger partial charge on any atom is -0.383 e. The number of nitrogens with zero attached hydrogens (tertiary/aromatic N) is 3.